The highest BCUT2D eigenvalue weighted by molar-refractivity contribution is 5.37. The molecular weight excluding hydrogens is 278 g/mol. The van der Waals surface area contributed by atoms with Crippen molar-refractivity contribution in [2.24, 2.45) is 5.41 Å². The van der Waals surface area contributed by atoms with Gasteiger partial charge in [-0.2, -0.15) is 0 Å². The molecule has 0 amide bonds. The number of fused-ring (bicyclic) bond motifs is 1. The summed E-state index contributed by atoms with van der Waals surface area (Å²) in [5.41, 5.74) is 1.54. The van der Waals surface area contributed by atoms with Crippen LogP contribution in [-0.4, -0.2) is 39.1 Å². The second-order valence-electron chi connectivity index (χ2n) is 6.86. The molecular formula is C17H25N3O2. The number of rotatable bonds is 6. The highest BCUT2D eigenvalue weighted by atomic mass is 16.3. The minimum atomic E-state index is -0.0570. The second-order valence-corrected chi connectivity index (χ2v) is 6.86. The first-order valence-corrected chi connectivity index (χ1v) is 7.69. The Balaban J connectivity index is 2.23. The van der Waals surface area contributed by atoms with E-state index < -0.39 is 0 Å². The van der Waals surface area contributed by atoms with E-state index in [0.717, 1.165) is 25.2 Å². The number of nitrogens with zero attached hydrogens (tertiary/aromatic N) is 3. The van der Waals surface area contributed by atoms with Crippen LogP contribution in [0.4, 0.5) is 0 Å². The van der Waals surface area contributed by atoms with E-state index in [2.05, 4.69) is 30.7 Å². The lowest BCUT2D eigenvalue weighted by Crippen LogP contribution is -2.34. The molecule has 0 aliphatic heterocycles. The number of aromatic nitrogens is 2. The van der Waals surface area contributed by atoms with Gasteiger partial charge in [-0.25, -0.2) is 4.98 Å². The summed E-state index contributed by atoms with van der Waals surface area (Å²) >= 11 is 0. The van der Waals surface area contributed by atoms with Gasteiger partial charge >= 0.3 is 0 Å². The van der Waals surface area contributed by atoms with Crippen LogP contribution in [0.2, 0.25) is 0 Å². The minimum Gasteiger partial charge on any atom is -0.396 e. The molecule has 2 aromatic rings. The fourth-order valence-electron chi connectivity index (χ4n) is 2.59. The van der Waals surface area contributed by atoms with Gasteiger partial charge in [-0.05, 0) is 24.0 Å². The van der Waals surface area contributed by atoms with Crippen LogP contribution in [-0.2, 0) is 6.54 Å². The van der Waals surface area contributed by atoms with Gasteiger partial charge in [0.25, 0.3) is 5.56 Å². The average molecular weight is 303 g/mol. The maximum atomic E-state index is 12.1. The third-order valence-corrected chi connectivity index (χ3v) is 3.34. The number of hydrogen-bond donors (Lipinski definition) is 1. The van der Waals surface area contributed by atoms with E-state index in [9.17, 15) is 4.79 Å². The molecule has 0 atom stereocenters. The van der Waals surface area contributed by atoms with Gasteiger partial charge in [-0.1, -0.05) is 26.8 Å². The lowest BCUT2D eigenvalue weighted by Gasteiger charge is -2.29. The molecule has 0 aliphatic carbocycles. The van der Waals surface area contributed by atoms with E-state index >= 15 is 0 Å². The van der Waals surface area contributed by atoms with Crippen LogP contribution in [0, 0.1) is 5.41 Å². The van der Waals surface area contributed by atoms with Gasteiger partial charge in [-0.15, -0.1) is 0 Å². The Morgan fingerprint density at radius 2 is 2.09 bits per heavy atom. The zero-order valence-electron chi connectivity index (χ0n) is 13.6. The van der Waals surface area contributed by atoms with E-state index in [1.165, 1.54) is 0 Å². The molecule has 1 N–H and O–H groups in total. The molecule has 0 fully saturated rings. The smallest absolute Gasteiger partial charge is 0.258 e. The summed E-state index contributed by atoms with van der Waals surface area (Å²) in [6, 6.07) is 7.14. The first kappa shape index (κ1) is 16.6. The van der Waals surface area contributed by atoms with Gasteiger partial charge in [0.05, 0.1) is 5.69 Å². The zero-order valence-corrected chi connectivity index (χ0v) is 13.6. The maximum absolute atomic E-state index is 12.1. The summed E-state index contributed by atoms with van der Waals surface area (Å²) in [6.45, 7) is 9.03. The Morgan fingerprint density at radius 3 is 2.77 bits per heavy atom. The molecule has 0 aliphatic rings. The normalized spacial score (nSPS) is 12.2. The molecule has 2 rings (SSSR count). The van der Waals surface area contributed by atoms with Crippen molar-refractivity contribution < 1.29 is 5.11 Å². The average Bonchev–Trinajstić information content (AvgIpc) is 2.43. The zero-order chi connectivity index (χ0) is 16.2. The molecule has 2 heterocycles. The molecule has 2 aromatic heterocycles. The van der Waals surface area contributed by atoms with E-state index in [1.54, 1.807) is 16.7 Å². The monoisotopic (exact) mass is 303 g/mol. The Bertz CT molecular complexity index is 673. The highest BCUT2D eigenvalue weighted by Gasteiger charge is 2.17. The largest absolute Gasteiger partial charge is 0.396 e. The number of pyridine rings is 1. The Kier molecular flexibility index (Phi) is 5.32. The molecule has 0 bridgehead atoms. The number of aliphatic hydroxyl groups is 1. The minimum absolute atomic E-state index is 0.0570. The van der Waals surface area contributed by atoms with Gasteiger partial charge < -0.3 is 5.11 Å². The summed E-state index contributed by atoms with van der Waals surface area (Å²) in [6.07, 6.45) is 2.45. The van der Waals surface area contributed by atoms with Crippen LogP contribution in [0.1, 0.15) is 32.9 Å². The second kappa shape index (κ2) is 7.03. The van der Waals surface area contributed by atoms with Gasteiger partial charge in [0.2, 0.25) is 0 Å². The van der Waals surface area contributed by atoms with Crippen molar-refractivity contribution in [3.05, 3.63) is 46.5 Å². The fraction of sp³-hybridized carbons (Fsp3) is 0.529. The molecule has 0 radical (unpaired) electrons. The van der Waals surface area contributed by atoms with Gasteiger partial charge in [0.15, 0.2) is 0 Å². The molecule has 5 nitrogen and oxygen atoms in total. The van der Waals surface area contributed by atoms with Crippen molar-refractivity contribution >= 4 is 5.65 Å². The number of aliphatic hydroxyl groups excluding tert-OH is 1. The third-order valence-electron chi connectivity index (χ3n) is 3.34. The predicted octanol–water partition coefficient (Wildman–Crippen LogP) is 1.92. The first-order valence-electron chi connectivity index (χ1n) is 7.69. The molecule has 0 aromatic carbocycles. The summed E-state index contributed by atoms with van der Waals surface area (Å²) in [5.74, 6) is 0. The van der Waals surface area contributed by atoms with Crippen molar-refractivity contribution in [2.75, 3.05) is 19.7 Å². The molecule has 0 spiro atoms. The molecule has 22 heavy (non-hydrogen) atoms. The van der Waals surface area contributed by atoms with Crippen LogP contribution >= 0.6 is 0 Å². The quantitative estimate of drug-likeness (QED) is 0.886. The van der Waals surface area contributed by atoms with Gasteiger partial charge in [0.1, 0.15) is 5.65 Å². The molecule has 0 saturated heterocycles. The van der Waals surface area contributed by atoms with Crippen molar-refractivity contribution in [3.8, 4) is 0 Å². The summed E-state index contributed by atoms with van der Waals surface area (Å²) < 4.78 is 1.55. The van der Waals surface area contributed by atoms with Crippen LogP contribution in [0.5, 0.6) is 0 Å². The molecule has 5 heteroatoms. The Morgan fingerprint density at radius 1 is 1.32 bits per heavy atom. The van der Waals surface area contributed by atoms with E-state index in [1.807, 2.05) is 18.2 Å². The molecule has 0 saturated carbocycles. The van der Waals surface area contributed by atoms with Crippen LogP contribution in [0.25, 0.3) is 5.65 Å². The topological polar surface area (TPSA) is 57.8 Å². The van der Waals surface area contributed by atoms with Crippen LogP contribution in [0.15, 0.2) is 35.3 Å². The van der Waals surface area contributed by atoms with Crippen molar-refractivity contribution in [2.45, 2.75) is 33.7 Å². The number of hydrogen-bond acceptors (Lipinski definition) is 4. The third kappa shape index (κ3) is 4.64. The first-order chi connectivity index (χ1) is 10.4. The highest BCUT2D eigenvalue weighted by Crippen LogP contribution is 2.17. The van der Waals surface area contributed by atoms with Crippen molar-refractivity contribution in [1.82, 2.24) is 14.3 Å². The predicted molar refractivity (Wildman–Crippen MR) is 87.9 cm³/mol. The summed E-state index contributed by atoms with van der Waals surface area (Å²) in [4.78, 5) is 19.0. The Hall–Kier alpha value is -1.72. The molecule has 120 valence electrons. The van der Waals surface area contributed by atoms with E-state index in [4.69, 9.17) is 5.11 Å². The maximum Gasteiger partial charge on any atom is 0.258 e. The van der Waals surface area contributed by atoms with Gasteiger partial charge in [0, 0.05) is 38.5 Å². The standard InChI is InChI=1S/C17H25N3O2/c1-17(2,3)13-19(8-6-10-21)12-14-11-16(22)20-9-5-4-7-15(20)18-14/h4-5,7,9,11,21H,6,8,10,12-13H2,1-3H3. The summed E-state index contributed by atoms with van der Waals surface area (Å²) in [5, 5.41) is 9.07. The van der Waals surface area contributed by atoms with Crippen LogP contribution in [0.3, 0.4) is 0 Å². The summed E-state index contributed by atoms with van der Waals surface area (Å²) in [7, 11) is 0. The molecule has 0 unspecified atom stereocenters. The van der Waals surface area contributed by atoms with Crippen molar-refractivity contribution in [1.29, 1.82) is 0 Å². The van der Waals surface area contributed by atoms with E-state index in [-0.39, 0.29) is 17.6 Å². The van der Waals surface area contributed by atoms with E-state index in [0.29, 0.717) is 12.2 Å². The van der Waals surface area contributed by atoms with Crippen LogP contribution < -0.4 is 5.56 Å². The lowest BCUT2D eigenvalue weighted by molar-refractivity contribution is 0.164. The lowest BCUT2D eigenvalue weighted by atomic mass is 9.96. The SMILES string of the molecule is CC(C)(C)CN(CCCO)Cc1cc(=O)n2ccccc2n1. The fourth-order valence-corrected chi connectivity index (χ4v) is 2.59. The van der Waals surface area contributed by atoms with Crippen molar-refractivity contribution in [3.63, 3.8) is 0 Å². The Labute approximate surface area is 131 Å². The van der Waals surface area contributed by atoms with Gasteiger partial charge in [-0.3, -0.25) is 14.1 Å².